The van der Waals surface area contributed by atoms with Gasteiger partial charge in [-0.1, -0.05) is 24.3 Å². The molecule has 0 unspecified atom stereocenters. The monoisotopic (exact) mass is 379 g/mol. The molecule has 0 saturated heterocycles. The summed E-state index contributed by atoms with van der Waals surface area (Å²) in [6.07, 6.45) is 0. The van der Waals surface area contributed by atoms with E-state index in [1.807, 2.05) is 19.1 Å². The van der Waals surface area contributed by atoms with Crippen molar-refractivity contribution in [2.24, 2.45) is 5.10 Å². The third-order valence-electron chi connectivity index (χ3n) is 4.11. The Labute approximate surface area is 161 Å². The number of para-hydroxylation sites is 1. The van der Waals surface area contributed by atoms with Crippen LogP contribution in [0.15, 0.2) is 58.4 Å². The van der Waals surface area contributed by atoms with Gasteiger partial charge in [-0.15, -0.1) is 0 Å². The topological polar surface area (TPSA) is 109 Å². The van der Waals surface area contributed by atoms with Crippen molar-refractivity contribution >= 4 is 28.5 Å². The van der Waals surface area contributed by atoms with Gasteiger partial charge < -0.3 is 14.6 Å². The number of ether oxygens (including phenoxy) is 1. The van der Waals surface area contributed by atoms with E-state index < -0.39 is 12.6 Å². The zero-order valence-electron chi connectivity index (χ0n) is 15.5. The van der Waals surface area contributed by atoms with Crippen LogP contribution in [0.25, 0.3) is 10.9 Å². The van der Waals surface area contributed by atoms with Crippen LogP contribution in [0.5, 0.6) is 5.75 Å². The van der Waals surface area contributed by atoms with Crippen LogP contribution in [0.4, 0.5) is 5.95 Å². The highest BCUT2D eigenvalue weighted by Crippen LogP contribution is 2.15. The SMILES string of the molecule is CCn1c(N/N=C(/C)c2cccc(OCC(=O)[O-])c2)nc2ccccc2c1=O. The van der Waals surface area contributed by atoms with Crippen LogP contribution in [0.3, 0.4) is 0 Å². The first-order chi connectivity index (χ1) is 13.5. The van der Waals surface area contributed by atoms with Crippen LogP contribution in [0.2, 0.25) is 0 Å². The molecule has 1 heterocycles. The van der Waals surface area contributed by atoms with Crippen molar-refractivity contribution in [2.75, 3.05) is 12.0 Å². The van der Waals surface area contributed by atoms with E-state index in [9.17, 15) is 14.7 Å². The van der Waals surface area contributed by atoms with Gasteiger partial charge in [-0.25, -0.2) is 10.4 Å². The minimum absolute atomic E-state index is 0.138. The number of anilines is 1. The first-order valence-electron chi connectivity index (χ1n) is 8.72. The second kappa shape index (κ2) is 8.34. The molecule has 0 aliphatic carbocycles. The molecule has 0 aliphatic heterocycles. The van der Waals surface area contributed by atoms with Gasteiger partial charge in [0.05, 0.1) is 22.6 Å². The Hall–Kier alpha value is -3.68. The van der Waals surface area contributed by atoms with Crippen molar-refractivity contribution in [3.05, 3.63) is 64.4 Å². The lowest BCUT2D eigenvalue weighted by Crippen LogP contribution is -2.28. The largest absolute Gasteiger partial charge is 0.546 e. The van der Waals surface area contributed by atoms with Gasteiger partial charge in [0, 0.05) is 12.1 Å². The molecule has 8 nitrogen and oxygen atoms in total. The van der Waals surface area contributed by atoms with Crippen LogP contribution < -0.4 is 20.8 Å². The average Bonchev–Trinajstić information content (AvgIpc) is 2.71. The Morgan fingerprint density at radius 2 is 2.04 bits per heavy atom. The van der Waals surface area contributed by atoms with Crippen molar-refractivity contribution in [3.8, 4) is 5.75 Å². The normalized spacial score (nSPS) is 11.4. The van der Waals surface area contributed by atoms with E-state index in [1.54, 1.807) is 43.3 Å². The quantitative estimate of drug-likeness (QED) is 0.491. The minimum atomic E-state index is -1.29. The van der Waals surface area contributed by atoms with Gasteiger partial charge in [0.15, 0.2) is 0 Å². The third kappa shape index (κ3) is 4.17. The molecule has 0 amide bonds. The van der Waals surface area contributed by atoms with Crippen LogP contribution in [0, 0.1) is 0 Å². The fourth-order valence-electron chi connectivity index (χ4n) is 2.70. The highest BCUT2D eigenvalue weighted by Gasteiger charge is 2.09. The van der Waals surface area contributed by atoms with Crippen molar-refractivity contribution < 1.29 is 14.6 Å². The molecule has 0 radical (unpaired) electrons. The maximum absolute atomic E-state index is 12.6. The Morgan fingerprint density at radius 1 is 1.25 bits per heavy atom. The van der Waals surface area contributed by atoms with Gasteiger partial charge in [-0.3, -0.25) is 9.36 Å². The van der Waals surface area contributed by atoms with Crippen LogP contribution in [0.1, 0.15) is 19.4 Å². The van der Waals surface area contributed by atoms with E-state index in [-0.39, 0.29) is 5.56 Å². The van der Waals surface area contributed by atoms with Gasteiger partial charge in [-0.05, 0) is 38.1 Å². The summed E-state index contributed by atoms with van der Waals surface area (Å²) < 4.78 is 6.64. The molecule has 8 heteroatoms. The summed E-state index contributed by atoms with van der Waals surface area (Å²) in [6.45, 7) is 3.56. The number of nitrogens with zero attached hydrogens (tertiary/aromatic N) is 3. The van der Waals surface area contributed by atoms with Crippen molar-refractivity contribution in [2.45, 2.75) is 20.4 Å². The molecule has 0 aliphatic rings. The zero-order chi connectivity index (χ0) is 20.1. The summed E-state index contributed by atoms with van der Waals surface area (Å²) in [5, 5.41) is 15.4. The summed E-state index contributed by atoms with van der Waals surface area (Å²) in [4.78, 5) is 27.6. The molecule has 1 aromatic heterocycles. The van der Waals surface area contributed by atoms with E-state index in [0.717, 1.165) is 5.56 Å². The van der Waals surface area contributed by atoms with E-state index in [1.165, 1.54) is 4.57 Å². The zero-order valence-corrected chi connectivity index (χ0v) is 15.5. The maximum Gasteiger partial charge on any atom is 0.262 e. The smallest absolute Gasteiger partial charge is 0.262 e. The molecule has 2 aromatic carbocycles. The molecule has 28 heavy (non-hydrogen) atoms. The van der Waals surface area contributed by atoms with E-state index in [0.29, 0.717) is 34.9 Å². The molecule has 1 N–H and O–H groups in total. The lowest BCUT2D eigenvalue weighted by Gasteiger charge is -2.12. The number of carboxylic acid groups (broad SMARTS) is 1. The highest BCUT2D eigenvalue weighted by molar-refractivity contribution is 5.99. The Morgan fingerprint density at radius 3 is 2.79 bits per heavy atom. The second-order valence-electron chi connectivity index (χ2n) is 6.00. The average molecular weight is 379 g/mol. The predicted molar refractivity (Wildman–Crippen MR) is 104 cm³/mol. The van der Waals surface area contributed by atoms with Crippen molar-refractivity contribution in [1.82, 2.24) is 9.55 Å². The number of rotatable bonds is 7. The predicted octanol–water partition coefficient (Wildman–Crippen LogP) is 1.38. The van der Waals surface area contributed by atoms with Gasteiger partial charge in [0.1, 0.15) is 12.4 Å². The first kappa shape index (κ1) is 19.1. The number of hydrogen-bond acceptors (Lipinski definition) is 7. The van der Waals surface area contributed by atoms with Crippen molar-refractivity contribution in [1.29, 1.82) is 0 Å². The summed E-state index contributed by atoms with van der Waals surface area (Å²) in [5.41, 5.74) is 4.66. The molecule has 0 atom stereocenters. The van der Waals surface area contributed by atoms with Gasteiger partial charge in [0.25, 0.3) is 5.56 Å². The van der Waals surface area contributed by atoms with Crippen molar-refractivity contribution in [3.63, 3.8) is 0 Å². The minimum Gasteiger partial charge on any atom is -0.546 e. The summed E-state index contributed by atoms with van der Waals surface area (Å²) in [7, 11) is 0. The second-order valence-corrected chi connectivity index (χ2v) is 6.00. The molecular weight excluding hydrogens is 360 g/mol. The Bertz CT molecular complexity index is 1100. The fourth-order valence-corrected chi connectivity index (χ4v) is 2.70. The number of benzene rings is 2. The first-order valence-corrected chi connectivity index (χ1v) is 8.72. The number of aromatic nitrogens is 2. The maximum atomic E-state index is 12.6. The molecular formula is C20H19N4O4-. The number of hydrazone groups is 1. The van der Waals surface area contributed by atoms with Gasteiger partial charge in [0.2, 0.25) is 5.95 Å². The Kier molecular flexibility index (Phi) is 5.69. The summed E-state index contributed by atoms with van der Waals surface area (Å²) in [5.74, 6) is -0.558. The molecule has 0 fully saturated rings. The number of carbonyl (C=O) groups is 1. The van der Waals surface area contributed by atoms with Crippen LogP contribution >= 0.6 is 0 Å². The van der Waals surface area contributed by atoms with Gasteiger partial charge >= 0.3 is 0 Å². The lowest BCUT2D eigenvalue weighted by atomic mass is 10.1. The van der Waals surface area contributed by atoms with Crippen LogP contribution in [-0.2, 0) is 11.3 Å². The molecule has 0 spiro atoms. The molecule has 3 rings (SSSR count). The number of nitrogens with one attached hydrogen (secondary N) is 1. The highest BCUT2D eigenvalue weighted by atomic mass is 16.5. The van der Waals surface area contributed by atoms with Gasteiger partial charge in [-0.2, -0.15) is 5.10 Å². The third-order valence-corrected chi connectivity index (χ3v) is 4.11. The van der Waals surface area contributed by atoms with E-state index in [4.69, 9.17) is 4.74 Å². The fraction of sp³-hybridized carbons (Fsp3) is 0.200. The molecule has 0 saturated carbocycles. The summed E-state index contributed by atoms with van der Waals surface area (Å²) in [6, 6.07) is 14.0. The van der Waals surface area contributed by atoms with E-state index >= 15 is 0 Å². The standard InChI is InChI=1S/C20H20N4O4/c1-3-24-19(27)16-9-4-5-10-17(16)21-20(24)23-22-13(2)14-7-6-8-15(11-14)28-12-18(25)26/h4-11H,3,12H2,1-2H3,(H,21,23)(H,25,26)/p-1/b22-13-. The number of aliphatic carboxylic acids is 1. The lowest BCUT2D eigenvalue weighted by molar-refractivity contribution is -0.307. The number of carbonyl (C=O) groups excluding carboxylic acids is 1. The number of hydrogen-bond donors (Lipinski definition) is 1. The number of carboxylic acids is 1. The Balaban J connectivity index is 1.88. The molecule has 3 aromatic rings. The van der Waals surface area contributed by atoms with E-state index in [2.05, 4.69) is 15.5 Å². The molecule has 0 bridgehead atoms. The summed E-state index contributed by atoms with van der Waals surface area (Å²) >= 11 is 0. The molecule has 144 valence electrons. The van der Waals surface area contributed by atoms with Crippen LogP contribution in [-0.4, -0.2) is 27.8 Å². The number of fused-ring (bicyclic) bond motifs is 1.